The van der Waals surface area contributed by atoms with Gasteiger partial charge in [0.2, 0.25) is 5.96 Å². The first-order valence-corrected chi connectivity index (χ1v) is 15.2. The zero-order valence-electron chi connectivity index (χ0n) is 22.9. The van der Waals surface area contributed by atoms with Crippen LogP contribution in [-0.4, -0.2) is 32.1 Å². The van der Waals surface area contributed by atoms with Gasteiger partial charge in [0.1, 0.15) is 0 Å². The highest BCUT2D eigenvalue weighted by Gasteiger charge is 2.20. The van der Waals surface area contributed by atoms with Crippen molar-refractivity contribution in [1.82, 2.24) is 0 Å². The summed E-state index contributed by atoms with van der Waals surface area (Å²) in [6, 6.07) is 20.3. The lowest BCUT2D eigenvalue weighted by Crippen LogP contribution is -2.34. The second-order valence-electron chi connectivity index (χ2n) is 9.96. The number of guanidine groups is 1. The standard InChI is InChI=1S/C30H34N6O4S/c1-2-41(39,40)27-10-6-9-25(19-27)33-30(38)36(26-17-15-23(16-18-26)22-7-4-3-5-8-22)20-21-11-13-24(14-12-21)28(37)34-29(31)35-32/h6,9-19,22,32H,2-5,7-8,20H2,1H3,(H,33,38)(H2,31,34,37). The van der Waals surface area contributed by atoms with Crippen molar-refractivity contribution in [3.63, 3.8) is 0 Å². The number of nitrogens with zero attached hydrogens (tertiary/aromatic N) is 3. The Balaban J connectivity index is 1.60. The van der Waals surface area contributed by atoms with E-state index in [4.69, 9.17) is 11.3 Å². The van der Waals surface area contributed by atoms with Crippen molar-refractivity contribution in [3.05, 3.63) is 89.5 Å². The van der Waals surface area contributed by atoms with Crippen LogP contribution in [0.1, 0.15) is 66.4 Å². The molecule has 1 fully saturated rings. The van der Waals surface area contributed by atoms with Gasteiger partial charge in [-0.15, -0.1) is 5.11 Å². The molecule has 10 nitrogen and oxygen atoms in total. The topological polar surface area (TPSA) is 158 Å². The number of urea groups is 1. The molecule has 3 amide bonds. The van der Waals surface area contributed by atoms with Crippen molar-refractivity contribution in [2.45, 2.75) is 56.4 Å². The van der Waals surface area contributed by atoms with Gasteiger partial charge in [-0.25, -0.2) is 18.7 Å². The van der Waals surface area contributed by atoms with E-state index in [1.54, 1.807) is 48.2 Å². The molecule has 41 heavy (non-hydrogen) atoms. The Morgan fingerprint density at radius 2 is 1.68 bits per heavy atom. The summed E-state index contributed by atoms with van der Waals surface area (Å²) in [6.45, 7) is 1.76. The summed E-state index contributed by atoms with van der Waals surface area (Å²) >= 11 is 0. The quantitative estimate of drug-likeness (QED) is 0.164. The maximum Gasteiger partial charge on any atom is 0.326 e. The number of amides is 3. The summed E-state index contributed by atoms with van der Waals surface area (Å²) in [4.78, 5) is 31.1. The highest BCUT2D eigenvalue weighted by molar-refractivity contribution is 7.91. The third-order valence-electron chi connectivity index (χ3n) is 7.22. The predicted octanol–water partition coefficient (Wildman–Crippen LogP) is 6.25. The van der Waals surface area contributed by atoms with Crippen LogP contribution in [0.25, 0.3) is 0 Å². The van der Waals surface area contributed by atoms with Crippen LogP contribution in [0.2, 0.25) is 0 Å². The number of nitrogens with one attached hydrogen (secondary N) is 2. The first-order chi connectivity index (χ1) is 19.7. The highest BCUT2D eigenvalue weighted by Crippen LogP contribution is 2.33. The fourth-order valence-electron chi connectivity index (χ4n) is 4.90. The molecule has 11 heteroatoms. The average molecular weight is 575 g/mol. The van der Waals surface area contributed by atoms with Crippen LogP contribution in [-0.2, 0) is 16.4 Å². The van der Waals surface area contributed by atoms with E-state index in [9.17, 15) is 18.0 Å². The van der Waals surface area contributed by atoms with Gasteiger partial charge in [0.15, 0.2) is 9.84 Å². The molecule has 1 aliphatic rings. The molecule has 4 N–H and O–H groups in total. The van der Waals surface area contributed by atoms with Gasteiger partial charge in [-0.3, -0.25) is 9.69 Å². The third kappa shape index (κ3) is 7.63. The molecule has 0 spiro atoms. The number of carbonyl (C=O) groups is 2. The highest BCUT2D eigenvalue weighted by atomic mass is 32.2. The van der Waals surface area contributed by atoms with E-state index in [2.05, 4.69) is 27.6 Å². The third-order valence-corrected chi connectivity index (χ3v) is 8.96. The molecule has 3 aromatic rings. The first kappa shape index (κ1) is 29.6. The molecular formula is C30H34N6O4S. The van der Waals surface area contributed by atoms with Crippen molar-refractivity contribution in [2.75, 3.05) is 16.0 Å². The lowest BCUT2D eigenvalue weighted by Gasteiger charge is -2.26. The summed E-state index contributed by atoms with van der Waals surface area (Å²) in [5.74, 6) is -0.583. The van der Waals surface area contributed by atoms with E-state index in [0.717, 1.165) is 18.4 Å². The number of benzene rings is 3. The van der Waals surface area contributed by atoms with Gasteiger partial charge < -0.3 is 11.1 Å². The van der Waals surface area contributed by atoms with Crippen LogP contribution in [0.4, 0.5) is 16.2 Å². The van der Waals surface area contributed by atoms with Crippen molar-refractivity contribution in [1.29, 1.82) is 5.53 Å². The summed E-state index contributed by atoms with van der Waals surface area (Å²) < 4.78 is 24.7. The lowest BCUT2D eigenvalue weighted by molar-refractivity contribution is 0.100. The number of sulfone groups is 1. The molecule has 3 aromatic carbocycles. The van der Waals surface area contributed by atoms with Crippen molar-refractivity contribution in [2.24, 2.45) is 15.8 Å². The number of hydrogen-bond donors (Lipinski definition) is 3. The molecule has 0 saturated heterocycles. The van der Waals surface area contributed by atoms with Gasteiger partial charge in [-0.2, -0.15) is 4.99 Å². The molecule has 0 aliphatic heterocycles. The molecule has 0 atom stereocenters. The first-order valence-electron chi connectivity index (χ1n) is 13.6. The Hall–Kier alpha value is -4.38. The van der Waals surface area contributed by atoms with Crippen LogP contribution >= 0.6 is 0 Å². The smallest absolute Gasteiger partial charge is 0.326 e. The van der Waals surface area contributed by atoms with Crippen molar-refractivity contribution in [3.8, 4) is 0 Å². The van der Waals surface area contributed by atoms with E-state index in [1.807, 2.05) is 12.1 Å². The molecule has 0 unspecified atom stereocenters. The maximum absolute atomic E-state index is 13.6. The van der Waals surface area contributed by atoms with Crippen LogP contribution in [0.5, 0.6) is 0 Å². The van der Waals surface area contributed by atoms with Gasteiger partial charge in [-0.05, 0) is 72.4 Å². The van der Waals surface area contributed by atoms with Gasteiger partial charge in [0, 0.05) is 16.9 Å². The molecule has 0 aromatic heterocycles. The summed E-state index contributed by atoms with van der Waals surface area (Å²) in [7, 11) is -3.44. The lowest BCUT2D eigenvalue weighted by atomic mass is 9.84. The van der Waals surface area contributed by atoms with Gasteiger partial charge in [-0.1, -0.05) is 56.5 Å². The fourth-order valence-corrected chi connectivity index (χ4v) is 5.82. The molecule has 4 rings (SSSR count). The molecule has 0 radical (unpaired) electrons. The Kier molecular flexibility index (Phi) is 9.61. The van der Waals surface area contributed by atoms with Crippen molar-refractivity contribution >= 4 is 39.1 Å². The minimum absolute atomic E-state index is 0.0435. The molecule has 0 bridgehead atoms. The Bertz CT molecular complexity index is 1530. The maximum atomic E-state index is 13.6. The predicted molar refractivity (Wildman–Crippen MR) is 159 cm³/mol. The zero-order chi connectivity index (χ0) is 29.4. The number of anilines is 2. The summed E-state index contributed by atoms with van der Waals surface area (Å²) in [5, 5.41) is 5.77. The molecular weight excluding hydrogens is 540 g/mol. The van der Waals surface area contributed by atoms with Gasteiger partial charge in [0.05, 0.1) is 17.2 Å². The SMILES string of the molecule is CCS(=O)(=O)c1cccc(NC(=O)N(Cc2ccc(C(=O)N=C(N)N=N)cc2)c2ccc(C3CCCCC3)cc2)c1. The minimum atomic E-state index is -3.44. The summed E-state index contributed by atoms with van der Waals surface area (Å²) in [5.41, 5.74) is 15.5. The Morgan fingerprint density at radius 3 is 2.32 bits per heavy atom. The van der Waals surface area contributed by atoms with E-state index in [0.29, 0.717) is 17.3 Å². The number of rotatable bonds is 8. The minimum Gasteiger partial charge on any atom is -0.366 e. The number of hydrogen-bond acceptors (Lipinski definition) is 5. The average Bonchev–Trinajstić information content (AvgIpc) is 3.00. The largest absolute Gasteiger partial charge is 0.366 e. The molecule has 0 heterocycles. The molecule has 1 saturated carbocycles. The summed E-state index contributed by atoms with van der Waals surface area (Å²) in [6.07, 6.45) is 6.05. The fraction of sp³-hybridized carbons (Fsp3) is 0.300. The zero-order valence-corrected chi connectivity index (χ0v) is 23.7. The number of carbonyl (C=O) groups excluding carboxylic acids is 2. The molecule has 1 aliphatic carbocycles. The number of nitrogens with two attached hydrogens (primary N) is 1. The monoisotopic (exact) mass is 574 g/mol. The Morgan fingerprint density at radius 1 is 1.00 bits per heavy atom. The van der Waals surface area contributed by atoms with Crippen LogP contribution in [0.15, 0.2) is 87.8 Å². The van der Waals surface area contributed by atoms with Crippen LogP contribution < -0.4 is 16.0 Å². The molecule has 214 valence electrons. The van der Waals surface area contributed by atoms with E-state index >= 15 is 0 Å². The Labute approximate surface area is 240 Å². The van der Waals surface area contributed by atoms with Crippen LogP contribution in [0.3, 0.4) is 0 Å². The number of aliphatic imine (C=N–C) groups is 1. The van der Waals surface area contributed by atoms with Crippen molar-refractivity contribution < 1.29 is 18.0 Å². The van der Waals surface area contributed by atoms with Crippen LogP contribution in [0, 0.1) is 5.53 Å². The van der Waals surface area contributed by atoms with Gasteiger partial charge in [0.25, 0.3) is 5.91 Å². The van der Waals surface area contributed by atoms with E-state index in [-0.39, 0.29) is 22.8 Å². The second kappa shape index (κ2) is 13.3. The van der Waals surface area contributed by atoms with E-state index < -0.39 is 27.7 Å². The second-order valence-corrected chi connectivity index (χ2v) is 12.2. The van der Waals surface area contributed by atoms with Gasteiger partial charge >= 0.3 is 6.03 Å². The van der Waals surface area contributed by atoms with E-state index in [1.165, 1.54) is 37.0 Å². The normalized spacial score (nSPS) is 14.3.